The van der Waals surface area contributed by atoms with Crippen LogP contribution in [-0.4, -0.2) is 43.0 Å². The summed E-state index contributed by atoms with van der Waals surface area (Å²) in [5.74, 6) is 5.69. The van der Waals surface area contributed by atoms with E-state index in [9.17, 15) is 4.79 Å². The first-order valence-electron chi connectivity index (χ1n) is 10.4. The number of hydrogen-bond acceptors (Lipinski definition) is 4. The molecular formula is C23H30N4O. The van der Waals surface area contributed by atoms with E-state index in [0.717, 1.165) is 38.1 Å². The van der Waals surface area contributed by atoms with Crippen molar-refractivity contribution < 1.29 is 4.79 Å². The molecule has 5 nitrogen and oxygen atoms in total. The summed E-state index contributed by atoms with van der Waals surface area (Å²) in [5.41, 5.74) is 5.47. The minimum Gasteiger partial charge on any atom is -0.369 e. The molecule has 1 saturated heterocycles. The average molecular weight is 379 g/mol. The highest BCUT2D eigenvalue weighted by Crippen LogP contribution is 2.35. The third-order valence-electron chi connectivity index (χ3n) is 6.42. The predicted octanol–water partition coefficient (Wildman–Crippen LogP) is 3.14. The van der Waals surface area contributed by atoms with Gasteiger partial charge in [0.2, 0.25) is 0 Å². The van der Waals surface area contributed by atoms with Crippen LogP contribution in [-0.2, 0) is 0 Å². The molecule has 2 aliphatic rings. The molecule has 2 fully saturated rings. The Balaban J connectivity index is 1.27. The molecule has 2 aromatic carbocycles. The lowest BCUT2D eigenvalue weighted by molar-refractivity contribution is 0.0953. The number of carbonyl (C=O) groups is 1. The summed E-state index contributed by atoms with van der Waals surface area (Å²) in [7, 11) is 0. The van der Waals surface area contributed by atoms with E-state index in [-0.39, 0.29) is 5.91 Å². The number of nitrogens with two attached hydrogens (primary N) is 1. The molecule has 2 aromatic rings. The Morgan fingerprint density at radius 1 is 0.857 bits per heavy atom. The lowest BCUT2D eigenvalue weighted by Crippen LogP contribution is -2.51. The van der Waals surface area contributed by atoms with Crippen LogP contribution in [0.25, 0.3) is 0 Å². The first kappa shape index (κ1) is 19.0. The van der Waals surface area contributed by atoms with Gasteiger partial charge < -0.3 is 4.90 Å². The van der Waals surface area contributed by atoms with Crippen molar-refractivity contribution in [3.63, 3.8) is 0 Å². The van der Waals surface area contributed by atoms with E-state index in [0.29, 0.717) is 5.56 Å². The largest absolute Gasteiger partial charge is 0.369 e. The van der Waals surface area contributed by atoms with Gasteiger partial charge >= 0.3 is 0 Å². The highest BCUT2D eigenvalue weighted by molar-refractivity contribution is 5.94. The van der Waals surface area contributed by atoms with Crippen LogP contribution in [0.4, 0.5) is 5.69 Å². The molecule has 0 aromatic heterocycles. The first-order chi connectivity index (χ1) is 13.7. The predicted molar refractivity (Wildman–Crippen MR) is 113 cm³/mol. The highest BCUT2D eigenvalue weighted by atomic mass is 16.2. The molecule has 0 bridgehead atoms. The second kappa shape index (κ2) is 8.76. The van der Waals surface area contributed by atoms with Crippen LogP contribution < -0.4 is 16.2 Å². The zero-order valence-corrected chi connectivity index (χ0v) is 16.4. The maximum atomic E-state index is 11.6. The second-order valence-corrected chi connectivity index (χ2v) is 7.96. The van der Waals surface area contributed by atoms with Crippen molar-refractivity contribution in [3.05, 3.63) is 65.7 Å². The number of amides is 1. The Hall–Kier alpha value is -2.37. The molecule has 1 aliphatic carbocycles. The molecule has 1 amide bonds. The van der Waals surface area contributed by atoms with Crippen molar-refractivity contribution in [2.45, 2.75) is 37.6 Å². The fraction of sp³-hybridized carbons (Fsp3) is 0.435. The summed E-state index contributed by atoms with van der Waals surface area (Å²) < 4.78 is 0. The van der Waals surface area contributed by atoms with Crippen LogP contribution >= 0.6 is 0 Å². The zero-order chi connectivity index (χ0) is 19.3. The quantitative estimate of drug-likeness (QED) is 0.487. The number of benzene rings is 2. The molecule has 1 saturated carbocycles. The van der Waals surface area contributed by atoms with Crippen molar-refractivity contribution in [1.29, 1.82) is 0 Å². The SMILES string of the molecule is NNC(=O)c1ccc(N2CCN(C3CCC(c4ccccc4)CC3)CC2)cc1. The maximum Gasteiger partial charge on any atom is 0.265 e. The molecule has 148 valence electrons. The van der Waals surface area contributed by atoms with Gasteiger partial charge in [-0.15, -0.1) is 0 Å². The van der Waals surface area contributed by atoms with E-state index in [4.69, 9.17) is 5.84 Å². The van der Waals surface area contributed by atoms with E-state index in [1.165, 1.54) is 36.9 Å². The fourth-order valence-electron chi connectivity index (χ4n) is 4.75. The molecule has 0 unspecified atom stereocenters. The molecule has 0 atom stereocenters. The van der Waals surface area contributed by atoms with Crippen LogP contribution in [0.1, 0.15) is 47.5 Å². The van der Waals surface area contributed by atoms with Crippen molar-refractivity contribution in [3.8, 4) is 0 Å². The number of rotatable bonds is 4. The van der Waals surface area contributed by atoms with Crippen molar-refractivity contribution in [2.24, 2.45) is 5.84 Å². The smallest absolute Gasteiger partial charge is 0.265 e. The molecule has 1 heterocycles. The molecule has 4 rings (SSSR count). The van der Waals surface area contributed by atoms with Gasteiger partial charge in [-0.2, -0.15) is 0 Å². The van der Waals surface area contributed by atoms with Gasteiger partial charge in [-0.25, -0.2) is 5.84 Å². The molecule has 0 radical (unpaired) electrons. The summed E-state index contributed by atoms with van der Waals surface area (Å²) in [5, 5.41) is 0. The summed E-state index contributed by atoms with van der Waals surface area (Å²) in [4.78, 5) is 16.7. The van der Waals surface area contributed by atoms with Crippen molar-refractivity contribution in [1.82, 2.24) is 10.3 Å². The Labute approximate surface area is 167 Å². The van der Waals surface area contributed by atoms with Gasteiger partial charge in [0.05, 0.1) is 0 Å². The van der Waals surface area contributed by atoms with Gasteiger partial charge in [0, 0.05) is 43.5 Å². The van der Waals surface area contributed by atoms with Crippen molar-refractivity contribution in [2.75, 3.05) is 31.1 Å². The van der Waals surface area contributed by atoms with Gasteiger partial charge in [-0.05, 0) is 61.4 Å². The van der Waals surface area contributed by atoms with E-state index in [2.05, 4.69) is 45.6 Å². The van der Waals surface area contributed by atoms with Gasteiger partial charge in [0.15, 0.2) is 0 Å². The molecule has 28 heavy (non-hydrogen) atoms. The van der Waals surface area contributed by atoms with Crippen molar-refractivity contribution >= 4 is 11.6 Å². The topological polar surface area (TPSA) is 61.6 Å². The van der Waals surface area contributed by atoms with E-state index in [1.54, 1.807) is 0 Å². The molecule has 5 heteroatoms. The summed E-state index contributed by atoms with van der Waals surface area (Å²) in [6.07, 6.45) is 5.23. The number of nitrogen functional groups attached to an aromatic ring is 1. The van der Waals surface area contributed by atoms with E-state index in [1.807, 2.05) is 24.3 Å². The minimum absolute atomic E-state index is 0.248. The third kappa shape index (κ3) is 4.21. The highest BCUT2D eigenvalue weighted by Gasteiger charge is 2.28. The Morgan fingerprint density at radius 3 is 2.11 bits per heavy atom. The zero-order valence-electron chi connectivity index (χ0n) is 16.4. The second-order valence-electron chi connectivity index (χ2n) is 7.96. The Kier molecular flexibility index (Phi) is 5.93. The van der Waals surface area contributed by atoms with E-state index < -0.39 is 0 Å². The van der Waals surface area contributed by atoms with Crippen LogP contribution in [0.3, 0.4) is 0 Å². The molecular weight excluding hydrogens is 348 g/mol. The number of hydrogen-bond donors (Lipinski definition) is 2. The lowest BCUT2D eigenvalue weighted by Gasteiger charge is -2.42. The number of anilines is 1. The number of nitrogens with one attached hydrogen (secondary N) is 1. The third-order valence-corrected chi connectivity index (χ3v) is 6.42. The average Bonchev–Trinajstić information content (AvgIpc) is 2.79. The Bertz CT molecular complexity index is 761. The monoisotopic (exact) mass is 378 g/mol. The standard InChI is InChI=1S/C23H30N4O/c24-25-23(28)20-8-12-22(13-9-20)27-16-14-26(15-17-27)21-10-6-19(7-11-21)18-4-2-1-3-5-18/h1-5,8-9,12-13,19,21H,6-7,10-11,14-17,24H2,(H,25,28). The van der Waals surface area contributed by atoms with Crippen LogP contribution in [0.5, 0.6) is 0 Å². The van der Waals surface area contributed by atoms with Gasteiger partial charge in [-0.3, -0.25) is 15.1 Å². The number of carbonyl (C=O) groups excluding carboxylic acids is 1. The minimum atomic E-state index is -0.248. The summed E-state index contributed by atoms with van der Waals surface area (Å²) >= 11 is 0. The Morgan fingerprint density at radius 2 is 1.50 bits per heavy atom. The number of piperazine rings is 1. The van der Waals surface area contributed by atoms with Crippen LogP contribution in [0, 0.1) is 0 Å². The summed E-state index contributed by atoms with van der Waals surface area (Å²) in [6, 6.07) is 19.5. The van der Waals surface area contributed by atoms with E-state index >= 15 is 0 Å². The number of nitrogens with zero attached hydrogens (tertiary/aromatic N) is 2. The van der Waals surface area contributed by atoms with Crippen LogP contribution in [0.15, 0.2) is 54.6 Å². The van der Waals surface area contributed by atoms with Gasteiger partial charge in [-0.1, -0.05) is 30.3 Å². The van der Waals surface area contributed by atoms with Crippen LogP contribution in [0.2, 0.25) is 0 Å². The summed E-state index contributed by atoms with van der Waals surface area (Å²) in [6.45, 7) is 4.32. The normalized spacial score (nSPS) is 23.4. The number of hydrazine groups is 1. The molecule has 0 spiro atoms. The van der Waals surface area contributed by atoms with Gasteiger partial charge in [0.1, 0.15) is 0 Å². The molecule has 1 aliphatic heterocycles. The fourth-order valence-corrected chi connectivity index (χ4v) is 4.75. The molecule has 3 N–H and O–H groups in total. The van der Waals surface area contributed by atoms with Gasteiger partial charge in [0.25, 0.3) is 5.91 Å². The maximum absolute atomic E-state index is 11.6. The first-order valence-corrected chi connectivity index (χ1v) is 10.4. The lowest BCUT2D eigenvalue weighted by atomic mass is 9.81.